The number of hydrogen-bond donors (Lipinski definition) is 0. The SMILES string of the molecule is Cc1cc(C#N)cc(-c2ncnc3ccsc23)c1OCC1(C)CCC1. The molecule has 1 aliphatic carbocycles. The fourth-order valence-corrected chi connectivity index (χ4v) is 4.21. The summed E-state index contributed by atoms with van der Waals surface area (Å²) in [5.41, 5.74) is 4.51. The van der Waals surface area contributed by atoms with Crippen LogP contribution in [-0.2, 0) is 0 Å². The van der Waals surface area contributed by atoms with E-state index in [0.29, 0.717) is 12.2 Å². The summed E-state index contributed by atoms with van der Waals surface area (Å²) in [7, 11) is 0. The zero-order valence-corrected chi connectivity index (χ0v) is 15.2. The van der Waals surface area contributed by atoms with Crippen LogP contribution in [0.3, 0.4) is 0 Å². The lowest BCUT2D eigenvalue weighted by atomic mass is 9.71. The third-order valence-corrected chi connectivity index (χ3v) is 5.94. The molecule has 5 heteroatoms. The second-order valence-corrected chi connectivity index (χ2v) is 8.01. The molecule has 1 aromatic carbocycles. The molecule has 25 heavy (non-hydrogen) atoms. The molecule has 1 aliphatic rings. The van der Waals surface area contributed by atoms with E-state index in [9.17, 15) is 5.26 Å². The Hall–Kier alpha value is -2.45. The van der Waals surface area contributed by atoms with Crippen LogP contribution in [-0.4, -0.2) is 16.6 Å². The lowest BCUT2D eigenvalue weighted by molar-refractivity contribution is 0.0775. The van der Waals surface area contributed by atoms with Gasteiger partial charge in [0.1, 0.15) is 12.1 Å². The number of rotatable bonds is 4. The van der Waals surface area contributed by atoms with Crippen molar-refractivity contribution in [2.24, 2.45) is 5.41 Å². The highest BCUT2D eigenvalue weighted by Gasteiger charge is 2.33. The van der Waals surface area contributed by atoms with Crippen molar-refractivity contribution in [3.63, 3.8) is 0 Å². The summed E-state index contributed by atoms with van der Waals surface area (Å²) in [6.07, 6.45) is 5.28. The Morgan fingerprint density at radius 3 is 2.88 bits per heavy atom. The molecule has 0 amide bonds. The molecule has 0 bridgehead atoms. The van der Waals surface area contributed by atoms with E-state index in [4.69, 9.17) is 4.74 Å². The quantitative estimate of drug-likeness (QED) is 0.657. The molecule has 0 saturated heterocycles. The van der Waals surface area contributed by atoms with Crippen LogP contribution in [0.4, 0.5) is 0 Å². The molecule has 0 spiro atoms. The molecule has 0 unspecified atom stereocenters. The van der Waals surface area contributed by atoms with Gasteiger partial charge < -0.3 is 4.74 Å². The lowest BCUT2D eigenvalue weighted by Crippen LogP contribution is -2.32. The van der Waals surface area contributed by atoms with Gasteiger partial charge in [-0.15, -0.1) is 11.3 Å². The fourth-order valence-electron chi connectivity index (χ4n) is 3.36. The maximum atomic E-state index is 9.38. The summed E-state index contributed by atoms with van der Waals surface area (Å²) in [4.78, 5) is 8.84. The zero-order chi connectivity index (χ0) is 17.4. The van der Waals surface area contributed by atoms with E-state index in [1.165, 1.54) is 19.3 Å². The third-order valence-electron chi connectivity index (χ3n) is 5.03. The van der Waals surface area contributed by atoms with Gasteiger partial charge >= 0.3 is 0 Å². The Balaban J connectivity index is 1.83. The first-order chi connectivity index (χ1) is 12.1. The Kier molecular flexibility index (Phi) is 3.93. The van der Waals surface area contributed by atoms with Gasteiger partial charge in [-0.05, 0) is 48.9 Å². The monoisotopic (exact) mass is 349 g/mol. The first kappa shape index (κ1) is 16.0. The molecule has 2 aromatic heterocycles. The van der Waals surface area contributed by atoms with Crippen molar-refractivity contribution in [2.45, 2.75) is 33.1 Å². The molecule has 1 fully saturated rings. The minimum absolute atomic E-state index is 0.265. The normalized spacial score (nSPS) is 15.6. The Morgan fingerprint density at radius 1 is 1.32 bits per heavy atom. The molecule has 4 rings (SSSR count). The van der Waals surface area contributed by atoms with Gasteiger partial charge in [-0.2, -0.15) is 5.26 Å². The van der Waals surface area contributed by atoms with Crippen molar-refractivity contribution in [1.29, 1.82) is 5.26 Å². The van der Waals surface area contributed by atoms with Crippen LogP contribution in [0, 0.1) is 23.7 Å². The summed E-state index contributed by atoms with van der Waals surface area (Å²) >= 11 is 1.61. The molecule has 126 valence electrons. The van der Waals surface area contributed by atoms with Crippen molar-refractivity contribution in [1.82, 2.24) is 9.97 Å². The van der Waals surface area contributed by atoms with Crippen LogP contribution in [0.15, 0.2) is 29.9 Å². The third kappa shape index (κ3) is 2.87. The Labute approximate surface area is 151 Å². The Bertz CT molecular complexity index is 982. The molecule has 4 nitrogen and oxygen atoms in total. The van der Waals surface area contributed by atoms with Gasteiger partial charge in [0, 0.05) is 11.0 Å². The molecule has 0 atom stereocenters. The van der Waals surface area contributed by atoms with Crippen LogP contribution >= 0.6 is 11.3 Å². The van der Waals surface area contributed by atoms with Crippen LogP contribution < -0.4 is 4.74 Å². The van der Waals surface area contributed by atoms with E-state index >= 15 is 0 Å². The topological polar surface area (TPSA) is 58.8 Å². The number of thiophene rings is 1. The van der Waals surface area contributed by atoms with Crippen LogP contribution in [0.1, 0.15) is 37.3 Å². The fraction of sp³-hybridized carbons (Fsp3) is 0.350. The number of nitrogens with zero attached hydrogens (tertiary/aromatic N) is 3. The van der Waals surface area contributed by atoms with Gasteiger partial charge in [-0.1, -0.05) is 13.3 Å². The van der Waals surface area contributed by atoms with E-state index < -0.39 is 0 Å². The maximum Gasteiger partial charge on any atom is 0.131 e. The highest BCUT2D eigenvalue weighted by atomic mass is 32.1. The number of ether oxygens (including phenoxy) is 1. The van der Waals surface area contributed by atoms with Gasteiger partial charge in [0.25, 0.3) is 0 Å². The average molecular weight is 349 g/mol. The van der Waals surface area contributed by atoms with Gasteiger partial charge in [0.15, 0.2) is 0 Å². The minimum Gasteiger partial charge on any atom is -0.492 e. The molecule has 2 heterocycles. The molecular weight excluding hydrogens is 330 g/mol. The zero-order valence-electron chi connectivity index (χ0n) is 14.4. The average Bonchev–Trinajstić information content (AvgIpc) is 3.07. The first-order valence-corrected chi connectivity index (χ1v) is 9.34. The molecule has 0 radical (unpaired) electrons. The second-order valence-electron chi connectivity index (χ2n) is 7.09. The van der Waals surface area contributed by atoms with Crippen molar-refractivity contribution < 1.29 is 4.74 Å². The maximum absolute atomic E-state index is 9.38. The van der Waals surface area contributed by atoms with Crippen LogP contribution in [0.25, 0.3) is 21.5 Å². The van der Waals surface area contributed by atoms with E-state index in [1.54, 1.807) is 17.7 Å². The van der Waals surface area contributed by atoms with Crippen molar-refractivity contribution in [3.8, 4) is 23.1 Å². The summed E-state index contributed by atoms with van der Waals surface area (Å²) < 4.78 is 7.31. The summed E-state index contributed by atoms with van der Waals surface area (Å²) in [5.74, 6) is 0.834. The summed E-state index contributed by atoms with van der Waals surface area (Å²) in [6, 6.07) is 8.00. The predicted octanol–water partition coefficient (Wildman–Crippen LogP) is 5.11. The molecule has 0 N–H and O–H groups in total. The number of benzene rings is 1. The van der Waals surface area contributed by atoms with Gasteiger partial charge in [-0.3, -0.25) is 0 Å². The van der Waals surface area contributed by atoms with Crippen molar-refractivity contribution in [2.75, 3.05) is 6.61 Å². The summed E-state index contributed by atoms with van der Waals surface area (Å²) in [6.45, 7) is 4.97. The molecule has 3 aromatic rings. The number of aryl methyl sites for hydroxylation is 1. The van der Waals surface area contributed by atoms with Crippen LogP contribution in [0.5, 0.6) is 5.75 Å². The van der Waals surface area contributed by atoms with E-state index in [0.717, 1.165) is 32.8 Å². The van der Waals surface area contributed by atoms with E-state index in [-0.39, 0.29) is 5.41 Å². The summed E-state index contributed by atoms with van der Waals surface area (Å²) in [5, 5.41) is 11.4. The standard InChI is InChI=1S/C20H19N3OS/c1-13-8-14(10-21)9-15(18(13)24-11-20(2)5-3-6-20)17-19-16(4-7-25-19)22-12-23-17/h4,7-9,12H,3,5-6,11H2,1-2H3. The minimum atomic E-state index is 0.265. The largest absolute Gasteiger partial charge is 0.492 e. The number of nitriles is 1. The first-order valence-electron chi connectivity index (χ1n) is 8.46. The van der Waals surface area contributed by atoms with Crippen molar-refractivity contribution >= 4 is 21.6 Å². The van der Waals surface area contributed by atoms with E-state index in [1.807, 2.05) is 30.5 Å². The molecule has 0 aliphatic heterocycles. The Morgan fingerprint density at radius 2 is 2.16 bits per heavy atom. The number of fused-ring (bicyclic) bond motifs is 1. The van der Waals surface area contributed by atoms with Gasteiger partial charge in [-0.25, -0.2) is 9.97 Å². The highest BCUT2D eigenvalue weighted by molar-refractivity contribution is 7.17. The smallest absolute Gasteiger partial charge is 0.131 e. The molecule has 1 saturated carbocycles. The molecular formula is C20H19N3OS. The number of aromatic nitrogens is 2. The van der Waals surface area contributed by atoms with E-state index in [2.05, 4.69) is 23.0 Å². The van der Waals surface area contributed by atoms with Crippen LogP contribution in [0.2, 0.25) is 0 Å². The van der Waals surface area contributed by atoms with Crippen molar-refractivity contribution in [3.05, 3.63) is 41.0 Å². The highest BCUT2D eigenvalue weighted by Crippen LogP contribution is 2.43. The second kappa shape index (κ2) is 6.12. The number of hydrogen-bond acceptors (Lipinski definition) is 5. The predicted molar refractivity (Wildman–Crippen MR) is 99.8 cm³/mol. The lowest BCUT2D eigenvalue weighted by Gasteiger charge is -2.38. The van der Waals surface area contributed by atoms with Gasteiger partial charge in [0.05, 0.1) is 34.2 Å². The van der Waals surface area contributed by atoms with Gasteiger partial charge in [0.2, 0.25) is 0 Å².